The molecule has 1 fully saturated rings. The van der Waals surface area contributed by atoms with Gasteiger partial charge < -0.3 is 24.2 Å². The topological polar surface area (TPSA) is 88.5 Å². The molecule has 8 heteroatoms. The summed E-state index contributed by atoms with van der Waals surface area (Å²) in [6.45, 7) is 9.26. The first kappa shape index (κ1) is 25.3. The van der Waals surface area contributed by atoms with Crippen molar-refractivity contribution in [3.63, 3.8) is 0 Å². The third-order valence-electron chi connectivity index (χ3n) is 6.61. The summed E-state index contributed by atoms with van der Waals surface area (Å²) in [4.78, 5) is 29.6. The van der Waals surface area contributed by atoms with Crippen LogP contribution in [0.5, 0.6) is 11.5 Å². The number of hydrogen-bond acceptors (Lipinski definition) is 6. The molecule has 8 nitrogen and oxygen atoms in total. The lowest BCUT2D eigenvalue weighted by Crippen LogP contribution is -2.46. The quantitative estimate of drug-likeness (QED) is 0.481. The van der Waals surface area contributed by atoms with Crippen LogP contribution in [-0.4, -0.2) is 79.0 Å². The number of nitrogens with zero attached hydrogens (tertiary/aromatic N) is 2. The molecule has 3 unspecified atom stereocenters. The minimum atomic E-state index is -0.869. The first-order valence-electron chi connectivity index (χ1n) is 12.2. The van der Waals surface area contributed by atoms with Gasteiger partial charge in [0.05, 0.1) is 19.1 Å². The molecule has 0 spiro atoms. The van der Waals surface area contributed by atoms with Crippen molar-refractivity contribution in [1.29, 1.82) is 0 Å². The first-order chi connectivity index (χ1) is 16.0. The third kappa shape index (κ3) is 6.18. The van der Waals surface area contributed by atoms with Gasteiger partial charge in [-0.3, -0.25) is 14.5 Å². The van der Waals surface area contributed by atoms with Crippen LogP contribution in [0.25, 0.3) is 0 Å². The van der Waals surface area contributed by atoms with Crippen molar-refractivity contribution < 1.29 is 28.9 Å². The molecule has 2 heterocycles. The zero-order chi connectivity index (χ0) is 23.8. The van der Waals surface area contributed by atoms with E-state index in [1.54, 1.807) is 0 Å². The van der Waals surface area contributed by atoms with Gasteiger partial charge in [0.1, 0.15) is 0 Å². The van der Waals surface area contributed by atoms with Crippen molar-refractivity contribution in [2.24, 2.45) is 5.92 Å². The highest BCUT2D eigenvalue weighted by molar-refractivity contribution is 5.79. The molecule has 0 aromatic heterocycles. The second-order valence-electron chi connectivity index (χ2n) is 8.83. The van der Waals surface area contributed by atoms with Gasteiger partial charge in [-0.2, -0.15) is 0 Å². The SMILES string of the molecule is CCCCN(CCCC)C(=O)CN1CC(c2ccc3c(c2)OCO3)C(C(=O)O)C1COCC. The molecule has 0 bridgehead atoms. The predicted octanol–water partition coefficient (Wildman–Crippen LogP) is 3.35. The molecule has 0 saturated carbocycles. The van der Waals surface area contributed by atoms with Crippen molar-refractivity contribution in [2.75, 3.05) is 46.2 Å². The molecule has 2 aliphatic heterocycles. The molecule has 1 saturated heterocycles. The monoisotopic (exact) mass is 462 g/mol. The Morgan fingerprint density at radius 3 is 2.45 bits per heavy atom. The van der Waals surface area contributed by atoms with Crippen molar-refractivity contribution >= 4 is 11.9 Å². The van der Waals surface area contributed by atoms with Crippen molar-refractivity contribution in [1.82, 2.24) is 9.80 Å². The van der Waals surface area contributed by atoms with Crippen LogP contribution < -0.4 is 9.47 Å². The summed E-state index contributed by atoms with van der Waals surface area (Å²) < 4.78 is 16.6. The Morgan fingerprint density at radius 2 is 1.82 bits per heavy atom. The first-order valence-corrected chi connectivity index (χ1v) is 12.2. The molecular formula is C25H38N2O6. The van der Waals surface area contributed by atoms with E-state index in [0.29, 0.717) is 24.7 Å². The van der Waals surface area contributed by atoms with E-state index in [2.05, 4.69) is 13.8 Å². The van der Waals surface area contributed by atoms with Crippen molar-refractivity contribution in [3.8, 4) is 11.5 Å². The highest BCUT2D eigenvalue weighted by Gasteiger charge is 2.47. The predicted molar refractivity (Wildman–Crippen MR) is 125 cm³/mol. The lowest BCUT2D eigenvalue weighted by Gasteiger charge is -2.29. The van der Waals surface area contributed by atoms with Crippen LogP contribution in [-0.2, 0) is 14.3 Å². The number of hydrogen-bond donors (Lipinski definition) is 1. The van der Waals surface area contributed by atoms with E-state index in [1.165, 1.54) is 0 Å². The number of carbonyl (C=O) groups excluding carboxylic acids is 1. The third-order valence-corrected chi connectivity index (χ3v) is 6.61. The Morgan fingerprint density at radius 1 is 1.12 bits per heavy atom. The van der Waals surface area contributed by atoms with Gasteiger partial charge in [-0.05, 0) is 37.5 Å². The largest absolute Gasteiger partial charge is 0.481 e. The van der Waals surface area contributed by atoms with Crippen LogP contribution in [0.4, 0.5) is 0 Å². The number of fused-ring (bicyclic) bond motifs is 1. The van der Waals surface area contributed by atoms with Crippen LogP contribution in [0.15, 0.2) is 18.2 Å². The van der Waals surface area contributed by atoms with Crippen LogP contribution >= 0.6 is 0 Å². The molecule has 2 aliphatic rings. The fraction of sp³-hybridized carbons (Fsp3) is 0.680. The van der Waals surface area contributed by atoms with Gasteiger partial charge in [-0.25, -0.2) is 0 Å². The van der Waals surface area contributed by atoms with Gasteiger partial charge in [-0.1, -0.05) is 32.8 Å². The van der Waals surface area contributed by atoms with E-state index < -0.39 is 11.9 Å². The molecular weight excluding hydrogens is 424 g/mol. The fourth-order valence-electron chi connectivity index (χ4n) is 4.75. The average Bonchev–Trinajstić information content (AvgIpc) is 3.41. The number of aliphatic carboxylic acids is 1. The summed E-state index contributed by atoms with van der Waals surface area (Å²) in [5, 5.41) is 10.2. The highest BCUT2D eigenvalue weighted by atomic mass is 16.7. The van der Waals surface area contributed by atoms with E-state index in [-0.39, 0.29) is 37.8 Å². The van der Waals surface area contributed by atoms with E-state index in [0.717, 1.165) is 44.3 Å². The van der Waals surface area contributed by atoms with E-state index in [9.17, 15) is 14.7 Å². The molecule has 0 aliphatic carbocycles. The van der Waals surface area contributed by atoms with Crippen molar-refractivity contribution in [3.05, 3.63) is 23.8 Å². The number of rotatable bonds is 13. The Hall–Kier alpha value is -2.32. The number of likely N-dealkylation sites (tertiary alicyclic amines) is 1. The van der Waals surface area contributed by atoms with Gasteiger partial charge in [0, 0.05) is 38.2 Å². The minimum Gasteiger partial charge on any atom is -0.481 e. The number of ether oxygens (including phenoxy) is 3. The molecule has 1 aromatic carbocycles. The van der Waals surface area contributed by atoms with E-state index in [4.69, 9.17) is 14.2 Å². The molecule has 184 valence electrons. The van der Waals surface area contributed by atoms with Gasteiger partial charge >= 0.3 is 5.97 Å². The Balaban J connectivity index is 1.82. The number of carboxylic acid groups (broad SMARTS) is 1. The molecule has 1 amide bonds. The van der Waals surface area contributed by atoms with Gasteiger partial charge in [0.2, 0.25) is 12.7 Å². The molecule has 1 N–H and O–H groups in total. The van der Waals surface area contributed by atoms with Gasteiger partial charge in [-0.15, -0.1) is 0 Å². The number of carbonyl (C=O) groups is 2. The molecule has 0 radical (unpaired) electrons. The average molecular weight is 463 g/mol. The smallest absolute Gasteiger partial charge is 0.308 e. The molecule has 3 atom stereocenters. The number of carboxylic acids is 1. The van der Waals surface area contributed by atoms with Gasteiger partial charge in [0.25, 0.3) is 0 Å². The van der Waals surface area contributed by atoms with E-state index in [1.807, 2.05) is 34.9 Å². The summed E-state index contributed by atoms with van der Waals surface area (Å²) in [7, 11) is 0. The fourth-order valence-corrected chi connectivity index (χ4v) is 4.75. The maximum Gasteiger partial charge on any atom is 0.308 e. The standard InChI is InChI=1S/C25H38N2O6/c1-4-7-11-26(12-8-5-2)23(28)15-27-14-19(24(25(29)30)20(27)16-31-6-3)18-9-10-21-22(13-18)33-17-32-21/h9-10,13,19-20,24H,4-8,11-12,14-17H2,1-3H3,(H,29,30). The Kier molecular flexibility index (Phi) is 9.38. The number of benzene rings is 1. The van der Waals surface area contributed by atoms with Gasteiger partial charge in [0.15, 0.2) is 11.5 Å². The lowest BCUT2D eigenvalue weighted by atomic mass is 9.85. The summed E-state index contributed by atoms with van der Waals surface area (Å²) in [6.07, 6.45) is 3.99. The highest BCUT2D eigenvalue weighted by Crippen LogP contribution is 2.42. The normalized spacial score (nSPS) is 22.0. The Bertz CT molecular complexity index is 793. The van der Waals surface area contributed by atoms with Crippen LogP contribution in [0.2, 0.25) is 0 Å². The summed E-state index contributed by atoms with van der Waals surface area (Å²) in [5.41, 5.74) is 0.886. The number of unbranched alkanes of at least 4 members (excludes halogenated alkanes) is 2. The molecule has 33 heavy (non-hydrogen) atoms. The maximum absolute atomic E-state index is 13.3. The maximum atomic E-state index is 13.3. The summed E-state index contributed by atoms with van der Waals surface area (Å²) in [5.74, 6) is -0.443. The zero-order valence-corrected chi connectivity index (χ0v) is 20.1. The second-order valence-corrected chi connectivity index (χ2v) is 8.83. The second kappa shape index (κ2) is 12.2. The van der Waals surface area contributed by atoms with Crippen LogP contribution in [0.3, 0.4) is 0 Å². The Labute approximate surface area is 196 Å². The lowest BCUT2D eigenvalue weighted by molar-refractivity contribution is -0.144. The zero-order valence-electron chi connectivity index (χ0n) is 20.1. The van der Waals surface area contributed by atoms with E-state index >= 15 is 0 Å². The molecule has 1 aromatic rings. The number of amides is 1. The summed E-state index contributed by atoms with van der Waals surface area (Å²) in [6, 6.07) is 5.24. The van der Waals surface area contributed by atoms with Crippen LogP contribution in [0.1, 0.15) is 57.9 Å². The molecule has 3 rings (SSSR count). The van der Waals surface area contributed by atoms with Crippen LogP contribution in [0, 0.1) is 5.92 Å². The summed E-state index contributed by atoms with van der Waals surface area (Å²) >= 11 is 0. The van der Waals surface area contributed by atoms with Crippen molar-refractivity contribution in [2.45, 2.75) is 58.4 Å². The minimum absolute atomic E-state index is 0.0638.